The van der Waals surface area contributed by atoms with Gasteiger partial charge in [-0.05, 0) is 38.0 Å². The second kappa shape index (κ2) is 8.47. The number of nitrogens with one attached hydrogen (secondary N) is 1. The molecular formula is C17H28FNO2. The van der Waals surface area contributed by atoms with E-state index in [1.165, 1.54) is 6.07 Å². The molecule has 0 fully saturated rings. The minimum atomic E-state index is -0.214. The van der Waals surface area contributed by atoms with Crippen molar-refractivity contribution in [2.24, 2.45) is 0 Å². The van der Waals surface area contributed by atoms with Crippen LogP contribution in [0.25, 0.3) is 0 Å². The standard InChI is InChI=1S/C17H28FNO2/c1-13(2)19-11-14-6-7-16(18)15(10-14)12-21-9-8-17(3,4)20-5/h6-7,10,13,19H,8-9,11-12H2,1-5H3. The SMILES string of the molecule is COC(C)(C)CCOCc1cc(CNC(C)C)ccc1F. The third-order valence-electron chi connectivity index (χ3n) is 3.48. The van der Waals surface area contributed by atoms with Crippen molar-refractivity contribution in [3.8, 4) is 0 Å². The number of benzene rings is 1. The molecule has 1 N–H and O–H groups in total. The minimum Gasteiger partial charge on any atom is -0.379 e. The van der Waals surface area contributed by atoms with Crippen LogP contribution in [0.15, 0.2) is 18.2 Å². The largest absolute Gasteiger partial charge is 0.379 e. The molecule has 1 rings (SSSR count). The van der Waals surface area contributed by atoms with Crippen molar-refractivity contribution in [2.75, 3.05) is 13.7 Å². The van der Waals surface area contributed by atoms with E-state index in [1.807, 2.05) is 26.0 Å². The van der Waals surface area contributed by atoms with Crippen LogP contribution in [0.1, 0.15) is 45.2 Å². The van der Waals surface area contributed by atoms with Gasteiger partial charge in [-0.1, -0.05) is 19.9 Å². The lowest BCUT2D eigenvalue weighted by molar-refractivity contribution is -0.0127. The van der Waals surface area contributed by atoms with E-state index in [0.29, 0.717) is 24.8 Å². The van der Waals surface area contributed by atoms with Crippen LogP contribution < -0.4 is 5.32 Å². The number of hydrogen-bond donors (Lipinski definition) is 1. The summed E-state index contributed by atoms with van der Waals surface area (Å²) in [6.45, 7) is 9.78. The van der Waals surface area contributed by atoms with Crippen LogP contribution in [-0.4, -0.2) is 25.4 Å². The lowest BCUT2D eigenvalue weighted by atomic mass is 10.1. The van der Waals surface area contributed by atoms with Gasteiger partial charge in [0, 0.05) is 31.9 Å². The Kier molecular flexibility index (Phi) is 7.29. The predicted octanol–water partition coefficient (Wildman–Crippen LogP) is 3.66. The lowest BCUT2D eigenvalue weighted by Gasteiger charge is -2.22. The summed E-state index contributed by atoms with van der Waals surface area (Å²) in [5.74, 6) is -0.214. The normalized spacial score (nSPS) is 12.1. The number of ether oxygens (including phenoxy) is 2. The maximum atomic E-state index is 13.8. The van der Waals surface area contributed by atoms with Crippen LogP contribution in [0.5, 0.6) is 0 Å². The van der Waals surface area contributed by atoms with Crippen LogP contribution in [0, 0.1) is 5.82 Å². The highest BCUT2D eigenvalue weighted by Crippen LogP contribution is 2.15. The van der Waals surface area contributed by atoms with Crippen LogP contribution in [0.3, 0.4) is 0 Å². The first-order valence-corrected chi connectivity index (χ1v) is 7.47. The summed E-state index contributed by atoms with van der Waals surface area (Å²) in [5, 5.41) is 3.32. The molecule has 0 bridgehead atoms. The molecule has 0 aromatic heterocycles. The fraction of sp³-hybridized carbons (Fsp3) is 0.647. The van der Waals surface area contributed by atoms with E-state index in [-0.39, 0.29) is 11.4 Å². The molecule has 120 valence electrons. The van der Waals surface area contributed by atoms with E-state index in [2.05, 4.69) is 19.2 Å². The molecule has 21 heavy (non-hydrogen) atoms. The van der Waals surface area contributed by atoms with Gasteiger partial charge >= 0.3 is 0 Å². The molecule has 0 saturated heterocycles. The highest BCUT2D eigenvalue weighted by atomic mass is 19.1. The van der Waals surface area contributed by atoms with Gasteiger partial charge < -0.3 is 14.8 Å². The molecule has 0 unspecified atom stereocenters. The van der Waals surface area contributed by atoms with Crippen LogP contribution >= 0.6 is 0 Å². The lowest BCUT2D eigenvalue weighted by Crippen LogP contribution is -2.24. The Labute approximate surface area is 127 Å². The molecule has 0 aliphatic heterocycles. The van der Waals surface area contributed by atoms with E-state index in [4.69, 9.17) is 9.47 Å². The topological polar surface area (TPSA) is 30.5 Å². The Morgan fingerprint density at radius 3 is 2.62 bits per heavy atom. The maximum absolute atomic E-state index is 13.8. The Hall–Kier alpha value is -0.970. The van der Waals surface area contributed by atoms with E-state index in [0.717, 1.165) is 18.5 Å². The fourth-order valence-corrected chi connectivity index (χ4v) is 1.77. The van der Waals surface area contributed by atoms with Gasteiger partial charge in [-0.3, -0.25) is 0 Å². The van der Waals surface area contributed by atoms with Gasteiger partial charge in [0.1, 0.15) is 5.82 Å². The van der Waals surface area contributed by atoms with Gasteiger partial charge in [-0.2, -0.15) is 0 Å². The van der Waals surface area contributed by atoms with Gasteiger partial charge in [0.2, 0.25) is 0 Å². The average Bonchev–Trinajstić information content (AvgIpc) is 2.43. The van der Waals surface area contributed by atoms with Crippen molar-refractivity contribution in [2.45, 2.75) is 58.9 Å². The van der Waals surface area contributed by atoms with Gasteiger partial charge in [0.25, 0.3) is 0 Å². The summed E-state index contributed by atoms with van der Waals surface area (Å²) in [6, 6.07) is 5.59. The van der Waals surface area contributed by atoms with Gasteiger partial charge in [-0.25, -0.2) is 4.39 Å². The van der Waals surface area contributed by atoms with E-state index in [1.54, 1.807) is 7.11 Å². The Bertz CT molecular complexity index is 433. The number of methoxy groups -OCH3 is 1. The maximum Gasteiger partial charge on any atom is 0.128 e. The van der Waals surface area contributed by atoms with Gasteiger partial charge in [0.05, 0.1) is 12.2 Å². The zero-order valence-corrected chi connectivity index (χ0v) is 13.8. The van der Waals surface area contributed by atoms with Crippen molar-refractivity contribution in [1.82, 2.24) is 5.32 Å². The first-order valence-electron chi connectivity index (χ1n) is 7.47. The quantitative estimate of drug-likeness (QED) is 0.706. The highest BCUT2D eigenvalue weighted by Gasteiger charge is 2.15. The second-order valence-corrected chi connectivity index (χ2v) is 6.23. The molecule has 0 amide bonds. The molecule has 0 aliphatic rings. The second-order valence-electron chi connectivity index (χ2n) is 6.23. The van der Waals surface area contributed by atoms with Crippen molar-refractivity contribution in [3.05, 3.63) is 35.1 Å². The smallest absolute Gasteiger partial charge is 0.128 e. The van der Waals surface area contributed by atoms with Gasteiger partial charge in [0.15, 0.2) is 0 Å². The molecule has 0 spiro atoms. The minimum absolute atomic E-state index is 0.207. The summed E-state index contributed by atoms with van der Waals surface area (Å²) in [7, 11) is 1.69. The third-order valence-corrected chi connectivity index (χ3v) is 3.48. The summed E-state index contributed by atoms with van der Waals surface area (Å²) < 4.78 is 24.7. The number of rotatable bonds is 9. The summed E-state index contributed by atoms with van der Waals surface area (Å²) in [6.07, 6.45) is 0.777. The molecule has 0 atom stereocenters. The zero-order valence-electron chi connectivity index (χ0n) is 13.8. The molecule has 0 saturated carbocycles. The number of halogens is 1. The van der Waals surface area contributed by atoms with Crippen molar-refractivity contribution >= 4 is 0 Å². The Balaban J connectivity index is 2.48. The van der Waals surface area contributed by atoms with Crippen LogP contribution in [0.2, 0.25) is 0 Å². The Morgan fingerprint density at radius 1 is 1.29 bits per heavy atom. The van der Waals surface area contributed by atoms with Crippen molar-refractivity contribution < 1.29 is 13.9 Å². The summed E-state index contributed by atoms with van der Waals surface area (Å²) >= 11 is 0. The van der Waals surface area contributed by atoms with E-state index in [9.17, 15) is 4.39 Å². The molecule has 0 heterocycles. The van der Waals surface area contributed by atoms with Crippen LogP contribution in [-0.2, 0) is 22.6 Å². The highest BCUT2D eigenvalue weighted by molar-refractivity contribution is 5.24. The van der Waals surface area contributed by atoms with E-state index < -0.39 is 0 Å². The molecule has 3 nitrogen and oxygen atoms in total. The van der Waals surface area contributed by atoms with Crippen molar-refractivity contribution in [3.63, 3.8) is 0 Å². The summed E-state index contributed by atoms with van der Waals surface area (Å²) in [4.78, 5) is 0. The Morgan fingerprint density at radius 2 is 2.00 bits per heavy atom. The van der Waals surface area contributed by atoms with E-state index >= 15 is 0 Å². The zero-order chi connectivity index (χ0) is 15.9. The van der Waals surface area contributed by atoms with Crippen LogP contribution in [0.4, 0.5) is 4.39 Å². The fourth-order valence-electron chi connectivity index (χ4n) is 1.77. The molecule has 4 heteroatoms. The first-order chi connectivity index (χ1) is 9.84. The molecule has 1 aromatic carbocycles. The van der Waals surface area contributed by atoms with Crippen molar-refractivity contribution in [1.29, 1.82) is 0 Å². The summed E-state index contributed by atoms with van der Waals surface area (Å²) in [5.41, 5.74) is 1.47. The average molecular weight is 297 g/mol. The molecular weight excluding hydrogens is 269 g/mol. The van der Waals surface area contributed by atoms with Gasteiger partial charge in [-0.15, -0.1) is 0 Å². The number of hydrogen-bond acceptors (Lipinski definition) is 3. The molecule has 0 radical (unpaired) electrons. The first kappa shape index (κ1) is 18.1. The predicted molar refractivity (Wildman–Crippen MR) is 83.7 cm³/mol. The monoisotopic (exact) mass is 297 g/mol. The molecule has 0 aliphatic carbocycles. The molecule has 1 aromatic rings. The third kappa shape index (κ3) is 7.02.